The lowest BCUT2D eigenvalue weighted by molar-refractivity contribution is -0.122. The van der Waals surface area contributed by atoms with Gasteiger partial charge in [0.2, 0.25) is 5.91 Å². The molecule has 1 atom stereocenters. The minimum absolute atomic E-state index is 0.243. The second-order valence-corrected chi connectivity index (χ2v) is 6.41. The third-order valence-electron chi connectivity index (χ3n) is 4.42. The van der Waals surface area contributed by atoms with E-state index >= 15 is 0 Å². The molecular formula is C21H22N2O3. The van der Waals surface area contributed by atoms with E-state index in [4.69, 9.17) is 4.42 Å². The summed E-state index contributed by atoms with van der Waals surface area (Å²) in [6.07, 6.45) is 0. The zero-order valence-electron chi connectivity index (χ0n) is 15.1. The predicted molar refractivity (Wildman–Crippen MR) is 101 cm³/mol. The number of para-hydroxylation sites is 1. The van der Waals surface area contributed by atoms with Gasteiger partial charge in [0.1, 0.15) is 11.6 Å². The monoisotopic (exact) mass is 350 g/mol. The number of carbonyl (C=O) groups excluding carboxylic acids is 2. The first-order valence-corrected chi connectivity index (χ1v) is 8.58. The molecule has 2 aromatic carbocycles. The first kappa shape index (κ1) is 17.7. The molecule has 1 aromatic heterocycles. The summed E-state index contributed by atoms with van der Waals surface area (Å²) in [7, 11) is 0. The topological polar surface area (TPSA) is 71.3 Å². The molecule has 0 fully saturated rings. The minimum Gasteiger partial charge on any atom is -0.450 e. The molecule has 1 unspecified atom stereocenters. The molecule has 0 spiro atoms. The van der Waals surface area contributed by atoms with Crippen molar-refractivity contribution in [3.63, 3.8) is 0 Å². The Hall–Kier alpha value is -3.08. The van der Waals surface area contributed by atoms with Crippen LogP contribution in [0, 0.1) is 13.8 Å². The van der Waals surface area contributed by atoms with E-state index in [1.165, 1.54) is 0 Å². The Morgan fingerprint density at radius 3 is 2.46 bits per heavy atom. The highest BCUT2D eigenvalue weighted by Crippen LogP contribution is 2.27. The smallest absolute Gasteiger partial charge is 0.287 e. The van der Waals surface area contributed by atoms with Crippen molar-refractivity contribution in [2.75, 3.05) is 0 Å². The van der Waals surface area contributed by atoms with Crippen LogP contribution in [0.4, 0.5) is 0 Å². The van der Waals surface area contributed by atoms with Crippen molar-refractivity contribution < 1.29 is 14.0 Å². The molecule has 2 N–H and O–H groups in total. The van der Waals surface area contributed by atoms with Gasteiger partial charge < -0.3 is 15.1 Å². The Labute approximate surface area is 152 Å². The molecule has 134 valence electrons. The van der Waals surface area contributed by atoms with E-state index < -0.39 is 6.04 Å². The third-order valence-corrected chi connectivity index (χ3v) is 4.42. The average Bonchev–Trinajstić information content (AvgIpc) is 2.99. The Bertz CT molecular complexity index is 945. The summed E-state index contributed by atoms with van der Waals surface area (Å²) in [5.74, 6) is -0.385. The molecule has 0 aliphatic heterocycles. The van der Waals surface area contributed by atoms with Gasteiger partial charge in [0.15, 0.2) is 5.76 Å². The fourth-order valence-corrected chi connectivity index (χ4v) is 2.87. The van der Waals surface area contributed by atoms with Gasteiger partial charge in [0.25, 0.3) is 5.91 Å². The highest BCUT2D eigenvalue weighted by Gasteiger charge is 2.22. The minimum atomic E-state index is -0.667. The normalized spacial score (nSPS) is 12.0. The van der Waals surface area contributed by atoms with Crippen molar-refractivity contribution in [2.45, 2.75) is 33.4 Å². The number of hydrogen-bond donors (Lipinski definition) is 2. The van der Waals surface area contributed by atoms with Crippen molar-refractivity contribution in [3.8, 4) is 0 Å². The molecular weight excluding hydrogens is 328 g/mol. The fraction of sp³-hybridized carbons (Fsp3) is 0.238. The van der Waals surface area contributed by atoms with Crippen LogP contribution in [-0.4, -0.2) is 17.9 Å². The summed E-state index contributed by atoms with van der Waals surface area (Å²) < 4.78 is 5.76. The number of rotatable bonds is 5. The van der Waals surface area contributed by atoms with Crippen LogP contribution in [0.3, 0.4) is 0 Å². The van der Waals surface area contributed by atoms with Gasteiger partial charge in [-0.05, 0) is 31.9 Å². The first-order valence-electron chi connectivity index (χ1n) is 8.58. The van der Waals surface area contributed by atoms with Crippen molar-refractivity contribution in [1.29, 1.82) is 0 Å². The molecule has 5 nitrogen and oxygen atoms in total. The van der Waals surface area contributed by atoms with Gasteiger partial charge in [-0.25, -0.2) is 0 Å². The fourth-order valence-electron chi connectivity index (χ4n) is 2.87. The number of nitrogens with one attached hydrogen (secondary N) is 2. The van der Waals surface area contributed by atoms with Crippen LogP contribution < -0.4 is 10.6 Å². The van der Waals surface area contributed by atoms with E-state index in [0.29, 0.717) is 12.1 Å². The highest BCUT2D eigenvalue weighted by molar-refractivity contribution is 6.01. The molecule has 0 aliphatic rings. The molecule has 26 heavy (non-hydrogen) atoms. The summed E-state index contributed by atoms with van der Waals surface area (Å²) in [5, 5.41) is 6.44. The summed E-state index contributed by atoms with van der Waals surface area (Å²) in [4.78, 5) is 24.8. The van der Waals surface area contributed by atoms with Gasteiger partial charge >= 0.3 is 0 Å². The van der Waals surface area contributed by atoms with Crippen LogP contribution in [-0.2, 0) is 11.3 Å². The zero-order chi connectivity index (χ0) is 18.7. The van der Waals surface area contributed by atoms with Gasteiger partial charge in [-0.2, -0.15) is 0 Å². The molecule has 2 amide bonds. The molecule has 3 rings (SSSR count). The van der Waals surface area contributed by atoms with Crippen LogP contribution >= 0.6 is 0 Å². The highest BCUT2D eigenvalue weighted by atomic mass is 16.3. The Kier molecular flexibility index (Phi) is 5.07. The van der Waals surface area contributed by atoms with Crippen molar-refractivity contribution >= 4 is 22.8 Å². The third kappa shape index (κ3) is 3.61. The molecule has 0 aliphatic carbocycles. The van der Waals surface area contributed by atoms with Crippen LogP contribution in [0.1, 0.15) is 34.2 Å². The van der Waals surface area contributed by atoms with Crippen LogP contribution in [0.15, 0.2) is 52.9 Å². The maximum absolute atomic E-state index is 12.6. The summed E-state index contributed by atoms with van der Waals surface area (Å²) in [6, 6.07) is 14.7. The van der Waals surface area contributed by atoms with E-state index in [2.05, 4.69) is 10.6 Å². The number of hydrogen-bond acceptors (Lipinski definition) is 3. The Morgan fingerprint density at radius 1 is 1.04 bits per heavy atom. The predicted octanol–water partition coefficient (Wildman–Crippen LogP) is 3.48. The van der Waals surface area contributed by atoms with E-state index in [-0.39, 0.29) is 17.6 Å². The number of carbonyl (C=O) groups is 2. The van der Waals surface area contributed by atoms with Crippen molar-refractivity contribution in [1.82, 2.24) is 10.6 Å². The zero-order valence-corrected chi connectivity index (χ0v) is 15.1. The van der Waals surface area contributed by atoms with Gasteiger partial charge in [-0.3, -0.25) is 9.59 Å². The van der Waals surface area contributed by atoms with Crippen LogP contribution in [0.25, 0.3) is 11.0 Å². The van der Waals surface area contributed by atoms with E-state index in [1.807, 2.05) is 62.4 Å². The Balaban J connectivity index is 1.66. The van der Waals surface area contributed by atoms with Gasteiger partial charge in [-0.1, -0.05) is 48.5 Å². The number of amides is 2. The maximum Gasteiger partial charge on any atom is 0.287 e. The number of aryl methyl sites for hydroxylation is 2. The average molecular weight is 350 g/mol. The molecule has 1 heterocycles. The summed E-state index contributed by atoms with van der Waals surface area (Å²) in [6.45, 7) is 5.86. The lowest BCUT2D eigenvalue weighted by Gasteiger charge is -2.13. The second kappa shape index (κ2) is 7.44. The summed E-state index contributed by atoms with van der Waals surface area (Å²) >= 11 is 0. The Morgan fingerprint density at radius 2 is 1.77 bits per heavy atom. The van der Waals surface area contributed by atoms with Crippen LogP contribution in [0.2, 0.25) is 0 Å². The van der Waals surface area contributed by atoms with E-state index in [0.717, 1.165) is 22.1 Å². The van der Waals surface area contributed by atoms with Gasteiger partial charge in [-0.15, -0.1) is 0 Å². The second-order valence-electron chi connectivity index (χ2n) is 6.41. The largest absolute Gasteiger partial charge is 0.450 e. The maximum atomic E-state index is 12.6. The summed E-state index contributed by atoms with van der Waals surface area (Å²) in [5.41, 5.74) is 3.45. The number of furan rings is 1. The number of benzene rings is 2. The van der Waals surface area contributed by atoms with Crippen molar-refractivity contribution in [3.05, 3.63) is 71.0 Å². The van der Waals surface area contributed by atoms with Crippen LogP contribution in [0.5, 0.6) is 0 Å². The molecule has 3 aromatic rings. The van der Waals surface area contributed by atoms with Gasteiger partial charge in [0, 0.05) is 17.5 Å². The van der Waals surface area contributed by atoms with Gasteiger partial charge in [0.05, 0.1) is 0 Å². The quantitative estimate of drug-likeness (QED) is 0.740. The molecule has 0 saturated heterocycles. The standard InChI is InChI=1S/C21H22N2O3/c1-13-8-7-11-17-14(2)19(26-18(13)17)21(25)23-15(3)20(24)22-12-16-9-5-4-6-10-16/h4-11,15H,12H2,1-3H3,(H,22,24)(H,23,25). The SMILES string of the molecule is Cc1c(C(=O)NC(C)C(=O)NCc2ccccc2)oc2c(C)cccc12. The van der Waals surface area contributed by atoms with E-state index in [1.54, 1.807) is 6.92 Å². The molecule has 0 saturated carbocycles. The molecule has 5 heteroatoms. The lowest BCUT2D eigenvalue weighted by Crippen LogP contribution is -2.44. The first-order chi connectivity index (χ1) is 12.5. The lowest BCUT2D eigenvalue weighted by atomic mass is 10.1. The van der Waals surface area contributed by atoms with E-state index in [9.17, 15) is 9.59 Å². The molecule has 0 bridgehead atoms. The number of fused-ring (bicyclic) bond motifs is 1. The van der Waals surface area contributed by atoms with Crippen molar-refractivity contribution in [2.24, 2.45) is 0 Å². The molecule has 0 radical (unpaired) electrons.